The van der Waals surface area contributed by atoms with Crippen molar-refractivity contribution in [2.24, 2.45) is 4.99 Å². The van der Waals surface area contributed by atoms with Crippen molar-refractivity contribution in [1.82, 2.24) is 0 Å². The Kier molecular flexibility index (Phi) is 4.37. The molecule has 3 aromatic carbocycles. The Labute approximate surface area is 152 Å². The highest BCUT2D eigenvalue weighted by Crippen LogP contribution is 2.33. The lowest BCUT2D eigenvalue weighted by molar-refractivity contribution is 0.578. The van der Waals surface area contributed by atoms with E-state index in [9.17, 15) is 8.78 Å². The lowest BCUT2D eigenvalue weighted by Gasteiger charge is -2.09. The maximum Gasteiger partial charge on any atom is 0.135 e. The number of rotatable bonds is 3. The summed E-state index contributed by atoms with van der Waals surface area (Å²) in [5.41, 5.74) is 5.17. The topological polar surface area (TPSA) is 12.4 Å². The Morgan fingerprint density at radius 1 is 0.808 bits per heavy atom. The summed E-state index contributed by atoms with van der Waals surface area (Å²) in [5, 5.41) is 0. The number of aliphatic imine (C=N–C) groups is 1. The minimum atomic E-state index is -0.542. The molecule has 0 bridgehead atoms. The van der Waals surface area contributed by atoms with Crippen molar-refractivity contribution >= 4 is 5.71 Å². The molecule has 0 spiro atoms. The quantitative estimate of drug-likeness (QED) is 0.530. The number of halogens is 2. The van der Waals surface area contributed by atoms with Crippen LogP contribution >= 0.6 is 0 Å². The van der Waals surface area contributed by atoms with Gasteiger partial charge in [-0.15, -0.1) is 0 Å². The molecular weight excluding hydrogens is 328 g/mol. The van der Waals surface area contributed by atoms with E-state index in [1.807, 2.05) is 0 Å². The van der Waals surface area contributed by atoms with Crippen LogP contribution in [0.4, 0.5) is 8.78 Å². The Morgan fingerprint density at radius 2 is 1.38 bits per heavy atom. The summed E-state index contributed by atoms with van der Waals surface area (Å²) in [7, 11) is 0. The lowest BCUT2D eigenvalue weighted by atomic mass is 9.99. The van der Waals surface area contributed by atoms with Gasteiger partial charge in [0.25, 0.3) is 0 Å². The molecule has 1 aliphatic heterocycles. The van der Waals surface area contributed by atoms with Crippen LogP contribution in [0.3, 0.4) is 0 Å². The fraction of sp³-hybridized carbons (Fsp3) is 0.174. The number of nitrogens with zero attached hydrogens (tertiary/aromatic N) is 1. The predicted molar refractivity (Wildman–Crippen MR) is 101 cm³/mol. The van der Waals surface area contributed by atoms with E-state index in [4.69, 9.17) is 0 Å². The first kappa shape index (κ1) is 16.6. The molecule has 1 heterocycles. The Hall–Kier alpha value is -2.81. The first-order valence-electron chi connectivity index (χ1n) is 8.80. The van der Waals surface area contributed by atoms with Crippen LogP contribution in [0.2, 0.25) is 0 Å². The first-order valence-corrected chi connectivity index (χ1v) is 8.80. The predicted octanol–water partition coefficient (Wildman–Crippen LogP) is 6.26. The third kappa shape index (κ3) is 3.17. The molecule has 0 fully saturated rings. The Morgan fingerprint density at radius 3 is 2.00 bits per heavy atom. The third-order valence-corrected chi connectivity index (χ3v) is 4.90. The summed E-state index contributed by atoms with van der Waals surface area (Å²) in [4.78, 5) is 4.60. The molecule has 26 heavy (non-hydrogen) atoms. The highest BCUT2D eigenvalue weighted by Gasteiger charge is 2.24. The van der Waals surface area contributed by atoms with Gasteiger partial charge in [0.2, 0.25) is 0 Å². The van der Waals surface area contributed by atoms with Gasteiger partial charge < -0.3 is 0 Å². The van der Waals surface area contributed by atoms with E-state index in [1.54, 1.807) is 0 Å². The zero-order valence-corrected chi connectivity index (χ0v) is 14.5. The summed E-state index contributed by atoms with van der Waals surface area (Å²) in [5.74, 6) is -1.08. The summed E-state index contributed by atoms with van der Waals surface area (Å²) in [6, 6.07) is 20.6. The molecule has 1 atom stereocenters. The molecule has 3 aromatic rings. The molecule has 1 aliphatic rings. The van der Waals surface area contributed by atoms with Gasteiger partial charge in [0.15, 0.2) is 0 Å². The molecule has 0 N–H and O–H groups in total. The van der Waals surface area contributed by atoms with Crippen LogP contribution in [0.15, 0.2) is 71.7 Å². The van der Waals surface area contributed by atoms with Crippen molar-refractivity contribution in [2.75, 3.05) is 0 Å². The van der Waals surface area contributed by atoms with Crippen molar-refractivity contribution in [2.45, 2.75) is 25.8 Å². The van der Waals surface area contributed by atoms with E-state index in [0.717, 1.165) is 17.5 Å². The molecule has 0 radical (unpaired) electrons. The molecule has 1 unspecified atom stereocenters. The fourth-order valence-electron chi connectivity index (χ4n) is 3.44. The second kappa shape index (κ2) is 6.83. The van der Waals surface area contributed by atoms with Crippen LogP contribution in [0, 0.1) is 18.6 Å². The van der Waals surface area contributed by atoms with E-state index < -0.39 is 11.6 Å². The molecule has 0 saturated carbocycles. The number of hydrogen-bond donors (Lipinski definition) is 0. The summed E-state index contributed by atoms with van der Waals surface area (Å²) in [6.45, 7) is 2.07. The fourth-order valence-corrected chi connectivity index (χ4v) is 3.44. The standard InChI is InChI=1S/C23H19F2N/c1-15-5-7-16(8-6-15)17-9-11-18(12-10-17)21-13-14-22(26-21)23-19(24)3-2-4-20(23)25/h2-12,21H,13-14H2,1H3. The van der Waals surface area contributed by atoms with Gasteiger partial charge in [-0.2, -0.15) is 0 Å². The van der Waals surface area contributed by atoms with Crippen LogP contribution in [0.25, 0.3) is 11.1 Å². The maximum absolute atomic E-state index is 14.0. The highest BCUT2D eigenvalue weighted by atomic mass is 19.1. The van der Waals surface area contributed by atoms with Crippen LogP contribution < -0.4 is 0 Å². The highest BCUT2D eigenvalue weighted by molar-refractivity contribution is 6.02. The zero-order chi connectivity index (χ0) is 18.1. The van der Waals surface area contributed by atoms with Gasteiger partial charge in [-0.25, -0.2) is 8.78 Å². The van der Waals surface area contributed by atoms with Gasteiger partial charge in [-0.3, -0.25) is 4.99 Å². The van der Waals surface area contributed by atoms with Crippen LogP contribution in [-0.4, -0.2) is 5.71 Å². The summed E-state index contributed by atoms with van der Waals surface area (Å²) in [6.07, 6.45) is 1.36. The minimum Gasteiger partial charge on any atom is -0.281 e. The van der Waals surface area contributed by atoms with Crippen molar-refractivity contribution in [1.29, 1.82) is 0 Å². The number of aryl methyl sites for hydroxylation is 1. The minimum absolute atomic E-state index is 0.0197. The Balaban J connectivity index is 1.59. The molecular formula is C23H19F2N. The normalized spacial score (nSPS) is 16.6. The van der Waals surface area contributed by atoms with Crippen LogP contribution in [-0.2, 0) is 0 Å². The van der Waals surface area contributed by atoms with Crippen molar-refractivity contribution in [3.05, 3.63) is 95.1 Å². The van der Waals surface area contributed by atoms with Gasteiger partial charge in [0, 0.05) is 5.71 Å². The molecule has 0 amide bonds. The Bertz CT molecular complexity index is 936. The lowest BCUT2D eigenvalue weighted by Crippen LogP contribution is -2.03. The average molecular weight is 347 g/mol. The van der Waals surface area contributed by atoms with Gasteiger partial charge in [-0.1, -0.05) is 60.2 Å². The van der Waals surface area contributed by atoms with Gasteiger partial charge in [0.1, 0.15) is 11.6 Å². The second-order valence-electron chi connectivity index (χ2n) is 6.71. The van der Waals surface area contributed by atoms with E-state index >= 15 is 0 Å². The number of hydrogen-bond acceptors (Lipinski definition) is 1. The SMILES string of the molecule is Cc1ccc(-c2ccc(C3CCC(c4c(F)cccc4F)=N3)cc2)cc1. The van der Waals surface area contributed by atoms with E-state index in [0.29, 0.717) is 12.1 Å². The summed E-state index contributed by atoms with van der Waals surface area (Å²) >= 11 is 0. The van der Waals surface area contributed by atoms with E-state index in [-0.39, 0.29) is 11.6 Å². The average Bonchev–Trinajstić information content (AvgIpc) is 3.12. The molecule has 0 aliphatic carbocycles. The molecule has 1 nitrogen and oxygen atoms in total. The molecule has 4 rings (SSSR count). The van der Waals surface area contributed by atoms with Gasteiger partial charge >= 0.3 is 0 Å². The van der Waals surface area contributed by atoms with E-state index in [1.165, 1.54) is 29.3 Å². The van der Waals surface area contributed by atoms with Crippen molar-refractivity contribution in [3.8, 4) is 11.1 Å². The third-order valence-electron chi connectivity index (χ3n) is 4.90. The van der Waals surface area contributed by atoms with E-state index in [2.05, 4.69) is 60.4 Å². The number of benzene rings is 3. The molecule has 0 aromatic heterocycles. The smallest absolute Gasteiger partial charge is 0.135 e. The monoisotopic (exact) mass is 347 g/mol. The first-order chi connectivity index (χ1) is 12.6. The van der Waals surface area contributed by atoms with Gasteiger partial charge in [0.05, 0.1) is 11.6 Å². The van der Waals surface area contributed by atoms with Gasteiger partial charge in [-0.05, 0) is 48.6 Å². The molecule has 130 valence electrons. The zero-order valence-electron chi connectivity index (χ0n) is 14.5. The van der Waals surface area contributed by atoms with Crippen molar-refractivity contribution < 1.29 is 8.78 Å². The maximum atomic E-state index is 14.0. The van der Waals surface area contributed by atoms with Crippen LogP contribution in [0.5, 0.6) is 0 Å². The van der Waals surface area contributed by atoms with Crippen LogP contribution in [0.1, 0.15) is 35.6 Å². The molecule has 3 heteroatoms. The van der Waals surface area contributed by atoms with Crippen molar-refractivity contribution in [3.63, 3.8) is 0 Å². The molecule has 0 saturated heterocycles. The summed E-state index contributed by atoms with van der Waals surface area (Å²) < 4.78 is 28.0. The second-order valence-corrected chi connectivity index (χ2v) is 6.71. The largest absolute Gasteiger partial charge is 0.281 e.